The topological polar surface area (TPSA) is 27.0 Å². The standard InChI is InChI=1S/C11H20N2/c1-10(2)13(9-5-8-12)11-6-3-4-7-11/h10-11H,3-7,9H2,1-2H3. The van der Waals surface area contributed by atoms with E-state index in [2.05, 4.69) is 24.8 Å². The molecule has 0 radical (unpaired) electrons. The Labute approximate surface area is 81.5 Å². The summed E-state index contributed by atoms with van der Waals surface area (Å²) in [6, 6.07) is 3.59. The Kier molecular flexibility index (Phi) is 4.24. The van der Waals surface area contributed by atoms with Crippen LogP contribution in [-0.2, 0) is 0 Å². The molecule has 1 aliphatic carbocycles. The van der Waals surface area contributed by atoms with Crippen LogP contribution in [0.3, 0.4) is 0 Å². The molecule has 1 saturated carbocycles. The first-order valence-electron chi connectivity index (χ1n) is 5.38. The van der Waals surface area contributed by atoms with Gasteiger partial charge in [0.2, 0.25) is 0 Å². The molecule has 74 valence electrons. The third kappa shape index (κ3) is 3.00. The number of nitrogens with zero attached hydrogens (tertiary/aromatic N) is 2. The fourth-order valence-corrected chi connectivity index (χ4v) is 2.28. The second kappa shape index (κ2) is 5.24. The van der Waals surface area contributed by atoms with Crippen molar-refractivity contribution in [2.75, 3.05) is 6.54 Å². The van der Waals surface area contributed by atoms with E-state index in [9.17, 15) is 0 Å². The zero-order valence-electron chi connectivity index (χ0n) is 8.79. The minimum atomic E-state index is 0.594. The van der Waals surface area contributed by atoms with Crippen LogP contribution in [0, 0.1) is 11.3 Å². The van der Waals surface area contributed by atoms with E-state index in [0.717, 1.165) is 12.6 Å². The molecule has 0 aliphatic heterocycles. The van der Waals surface area contributed by atoms with Gasteiger partial charge >= 0.3 is 0 Å². The van der Waals surface area contributed by atoms with Crippen LogP contribution in [0.4, 0.5) is 0 Å². The van der Waals surface area contributed by atoms with Crippen molar-refractivity contribution in [1.82, 2.24) is 4.90 Å². The monoisotopic (exact) mass is 180 g/mol. The summed E-state index contributed by atoms with van der Waals surface area (Å²) >= 11 is 0. The van der Waals surface area contributed by atoms with E-state index in [0.29, 0.717) is 12.5 Å². The first-order chi connectivity index (χ1) is 6.25. The van der Waals surface area contributed by atoms with Crippen LogP contribution in [0.25, 0.3) is 0 Å². The second-order valence-corrected chi connectivity index (χ2v) is 4.18. The highest BCUT2D eigenvalue weighted by Gasteiger charge is 2.23. The maximum Gasteiger partial charge on any atom is 0.0635 e. The van der Waals surface area contributed by atoms with Gasteiger partial charge in [-0.05, 0) is 26.7 Å². The van der Waals surface area contributed by atoms with Gasteiger partial charge in [-0.3, -0.25) is 4.90 Å². The largest absolute Gasteiger partial charge is 0.297 e. The highest BCUT2D eigenvalue weighted by molar-refractivity contribution is 4.82. The Morgan fingerprint density at radius 1 is 1.38 bits per heavy atom. The summed E-state index contributed by atoms with van der Waals surface area (Å²) in [4.78, 5) is 2.50. The Morgan fingerprint density at radius 3 is 2.46 bits per heavy atom. The van der Waals surface area contributed by atoms with E-state index < -0.39 is 0 Å². The lowest BCUT2D eigenvalue weighted by Gasteiger charge is -2.31. The van der Waals surface area contributed by atoms with Crippen LogP contribution in [0.15, 0.2) is 0 Å². The van der Waals surface area contributed by atoms with Crippen molar-refractivity contribution < 1.29 is 0 Å². The van der Waals surface area contributed by atoms with Gasteiger partial charge in [0.15, 0.2) is 0 Å². The van der Waals surface area contributed by atoms with Crippen LogP contribution < -0.4 is 0 Å². The summed E-state index contributed by atoms with van der Waals surface area (Å²) in [5.41, 5.74) is 0. The number of hydrogen-bond acceptors (Lipinski definition) is 2. The minimum Gasteiger partial charge on any atom is -0.297 e. The Balaban J connectivity index is 2.41. The third-order valence-electron chi connectivity index (χ3n) is 2.94. The Hall–Kier alpha value is -0.550. The van der Waals surface area contributed by atoms with Crippen molar-refractivity contribution in [1.29, 1.82) is 5.26 Å². The molecule has 1 rings (SSSR count). The minimum absolute atomic E-state index is 0.594. The average molecular weight is 180 g/mol. The molecule has 13 heavy (non-hydrogen) atoms. The number of hydrogen-bond donors (Lipinski definition) is 0. The van der Waals surface area contributed by atoms with E-state index in [4.69, 9.17) is 5.26 Å². The maximum absolute atomic E-state index is 8.56. The molecular formula is C11H20N2. The summed E-state index contributed by atoms with van der Waals surface area (Å²) in [7, 11) is 0. The number of rotatable bonds is 4. The third-order valence-corrected chi connectivity index (χ3v) is 2.94. The highest BCUT2D eigenvalue weighted by Crippen LogP contribution is 2.24. The van der Waals surface area contributed by atoms with E-state index >= 15 is 0 Å². The molecule has 0 spiro atoms. The average Bonchev–Trinajstić information content (AvgIpc) is 2.57. The molecule has 0 N–H and O–H groups in total. The van der Waals surface area contributed by atoms with Crippen molar-refractivity contribution >= 4 is 0 Å². The van der Waals surface area contributed by atoms with E-state index in [-0.39, 0.29) is 0 Å². The molecule has 0 aromatic heterocycles. The molecule has 0 aromatic rings. The molecule has 0 unspecified atom stereocenters. The Bertz CT molecular complexity index is 175. The summed E-state index contributed by atoms with van der Waals surface area (Å²) in [5, 5.41) is 8.56. The molecule has 2 nitrogen and oxygen atoms in total. The van der Waals surface area contributed by atoms with Gasteiger partial charge in [-0.1, -0.05) is 12.8 Å². The predicted octanol–water partition coefficient (Wildman–Crippen LogP) is 2.55. The number of nitriles is 1. The zero-order valence-corrected chi connectivity index (χ0v) is 8.79. The molecule has 1 fully saturated rings. The molecule has 0 bridgehead atoms. The van der Waals surface area contributed by atoms with Gasteiger partial charge in [0.25, 0.3) is 0 Å². The first kappa shape index (κ1) is 10.5. The van der Waals surface area contributed by atoms with E-state index in [1.807, 2.05) is 0 Å². The van der Waals surface area contributed by atoms with Crippen molar-refractivity contribution in [3.8, 4) is 6.07 Å². The van der Waals surface area contributed by atoms with Crippen LogP contribution in [0.2, 0.25) is 0 Å². The van der Waals surface area contributed by atoms with Crippen molar-refractivity contribution in [3.05, 3.63) is 0 Å². The van der Waals surface area contributed by atoms with Gasteiger partial charge in [-0.2, -0.15) is 5.26 Å². The lowest BCUT2D eigenvalue weighted by atomic mass is 10.1. The highest BCUT2D eigenvalue weighted by atomic mass is 15.2. The van der Waals surface area contributed by atoms with Gasteiger partial charge in [0.1, 0.15) is 0 Å². The smallest absolute Gasteiger partial charge is 0.0635 e. The van der Waals surface area contributed by atoms with Gasteiger partial charge in [0.05, 0.1) is 6.07 Å². The normalized spacial score (nSPS) is 18.4. The van der Waals surface area contributed by atoms with E-state index in [1.165, 1.54) is 25.7 Å². The summed E-state index contributed by atoms with van der Waals surface area (Å²) < 4.78 is 0. The van der Waals surface area contributed by atoms with Gasteiger partial charge in [-0.25, -0.2) is 0 Å². The lowest BCUT2D eigenvalue weighted by Crippen LogP contribution is -2.39. The molecule has 0 atom stereocenters. The summed E-state index contributed by atoms with van der Waals surface area (Å²) in [5.74, 6) is 0. The van der Waals surface area contributed by atoms with Crippen molar-refractivity contribution in [2.45, 2.75) is 58.0 Å². The van der Waals surface area contributed by atoms with Crippen molar-refractivity contribution in [2.24, 2.45) is 0 Å². The van der Waals surface area contributed by atoms with Crippen LogP contribution >= 0.6 is 0 Å². The maximum atomic E-state index is 8.56. The van der Waals surface area contributed by atoms with Gasteiger partial charge in [0, 0.05) is 25.0 Å². The second-order valence-electron chi connectivity index (χ2n) is 4.18. The molecule has 0 saturated heterocycles. The van der Waals surface area contributed by atoms with Gasteiger partial charge < -0.3 is 0 Å². The van der Waals surface area contributed by atoms with Gasteiger partial charge in [-0.15, -0.1) is 0 Å². The van der Waals surface area contributed by atoms with Crippen LogP contribution in [-0.4, -0.2) is 23.5 Å². The molecular weight excluding hydrogens is 160 g/mol. The molecule has 0 amide bonds. The predicted molar refractivity (Wildman–Crippen MR) is 54.3 cm³/mol. The SMILES string of the molecule is CC(C)N(CCC#N)C1CCCC1. The molecule has 0 heterocycles. The van der Waals surface area contributed by atoms with E-state index in [1.54, 1.807) is 0 Å². The fourth-order valence-electron chi connectivity index (χ4n) is 2.28. The van der Waals surface area contributed by atoms with Crippen LogP contribution in [0.1, 0.15) is 46.0 Å². The summed E-state index contributed by atoms with van der Waals surface area (Å²) in [6.07, 6.45) is 6.10. The zero-order chi connectivity index (χ0) is 9.68. The Morgan fingerprint density at radius 2 is 2.00 bits per heavy atom. The van der Waals surface area contributed by atoms with Crippen LogP contribution in [0.5, 0.6) is 0 Å². The molecule has 1 aliphatic rings. The molecule has 0 aromatic carbocycles. The fraction of sp³-hybridized carbons (Fsp3) is 0.909. The van der Waals surface area contributed by atoms with Crippen molar-refractivity contribution in [3.63, 3.8) is 0 Å². The summed E-state index contributed by atoms with van der Waals surface area (Å²) in [6.45, 7) is 5.42. The lowest BCUT2D eigenvalue weighted by molar-refractivity contribution is 0.159. The quantitative estimate of drug-likeness (QED) is 0.665. The molecule has 2 heteroatoms. The first-order valence-corrected chi connectivity index (χ1v) is 5.38.